The Labute approximate surface area is 149 Å². The van der Waals surface area contributed by atoms with Crippen molar-refractivity contribution in [2.24, 2.45) is 5.92 Å². The number of nitrogens with one attached hydrogen (secondary N) is 3. The van der Waals surface area contributed by atoms with Crippen molar-refractivity contribution in [1.29, 1.82) is 0 Å². The third-order valence-corrected chi connectivity index (χ3v) is 4.52. The van der Waals surface area contributed by atoms with Crippen LogP contribution in [0.1, 0.15) is 46.1 Å². The number of carbonyl (C=O) groups excluding carboxylic acids is 2. The molecule has 0 aliphatic carbocycles. The molecule has 0 saturated heterocycles. The maximum atomic E-state index is 12.6. The highest BCUT2D eigenvalue weighted by Gasteiger charge is 2.25. The summed E-state index contributed by atoms with van der Waals surface area (Å²) in [4.78, 5) is 28.3. The summed E-state index contributed by atoms with van der Waals surface area (Å²) in [6, 6.07) is 7.44. The van der Waals surface area contributed by atoms with Gasteiger partial charge in [-0.3, -0.25) is 9.59 Å². The number of aromatic nitrogens is 1. The molecule has 0 aliphatic heterocycles. The van der Waals surface area contributed by atoms with Gasteiger partial charge in [-0.25, -0.2) is 0 Å². The molecule has 2 rings (SSSR count). The zero-order valence-electron chi connectivity index (χ0n) is 15.6. The van der Waals surface area contributed by atoms with Crippen LogP contribution in [0.25, 0.3) is 10.9 Å². The normalized spacial score (nSPS) is 12.6. The topological polar surface area (TPSA) is 74.0 Å². The SMILES string of the molecule is CCC(CC)C(=O)N[C@@H](Cc1c[nH]c2ccccc12)C(=O)NC(C)C. The van der Waals surface area contributed by atoms with Crippen LogP contribution in [0.15, 0.2) is 30.5 Å². The molecule has 1 aromatic heterocycles. The summed E-state index contributed by atoms with van der Waals surface area (Å²) >= 11 is 0. The van der Waals surface area contributed by atoms with Gasteiger partial charge in [0.25, 0.3) is 0 Å². The lowest BCUT2D eigenvalue weighted by Gasteiger charge is -2.22. The van der Waals surface area contributed by atoms with Gasteiger partial charge in [0.15, 0.2) is 0 Å². The average Bonchev–Trinajstić information content (AvgIpc) is 2.98. The lowest BCUT2D eigenvalue weighted by molar-refractivity contribution is -0.131. The number of fused-ring (bicyclic) bond motifs is 1. The van der Waals surface area contributed by atoms with Gasteiger partial charge in [0.1, 0.15) is 6.04 Å². The first-order chi connectivity index (χ1) is 12.0. The fourth-order valence-corrected chi connectivity index (χ4v) is 3.06. The van der Waals surface area contributed by atoms with Crippen molar-refractivity contribution in [2.75, 3.05) is 0 Å². The number of amides is 2. The van der Waals surface area contributed by atoms with E-state index in [1.165, 1.54) is 0 Å². The predicted octanol–water partition coefficient (Wildman–Crippen LogP) is 3.16. The van der Waals surface area contributed by atoms with Crippen LogP contribution in [0, 0.1) is 5.92 Å². The summed E-state index contributed by atoms with van der Waals surface area (Å²) in [5, 5.41) is 6.97. The van der Waals surface area contributed by atoms with E-state index < -0.39 is 6.04 Å². The van der Waals surface area contributed by atoms with Crippen molar-refractivity contribution in [3.8, 4) is 0 Å². The van der Waals surface area contributed by atoms with Crippen LogP contribution < -0.4 is 10.6 Å². The number of hydrogen-bond acceptors (Lipinski definition) is 2. The van der Waals surface area contributed by atoms with E-state index in [2.05, 4.69) is 15.6 Å². The second-order valence-corrected chi connectivity index (χ2v) is 6.80. The Bertz CT molecular complexity index is 717. The van der Waals surface area contributed by atoms with Gasteiger partial charge in [-0.15, -0.1) is 0 Å². The maximum absolute atomic E-state index is 12.6. The summed E-state index contributed by atoms with van der Waals surface area (Å²) in [5.41, 5.74) is 2.07. The van der Waals surface area contributed by atoms with Crippen molar-refractivity contribution >= 4 is 22.7 Å². The Kier molecular flexibility index (Phi) is 6.62. The summed E-state index contributed by atoms with van der Waals surface area (Å²) in [5.74, 6) is -0.245. The van der Waals surface area contributed by atoms with Gasteiger partial charge in [0.05, 0.1) is 0 Å². The Balaban J connectivity index is 2.22. The molecule has 0 aliphatic rings. The lowest BCUT2D eigenvalue weighted by Crippen LogP contribution is -2.51. The third kappa shape index (κ3) is 4.84. The summed E-state index contributed by atoms with van der Waals surface area (Å²) in [6.45, 7) is 7.83. The standard InChI is InChI=1S/C20H29N3O2/c1-5-14(6-2)19(24)23-18(20(25)22-13(3)4)11-15-12-21-17-10-8-7-9-16(15)17/h7-10,12-14,18,21H,5-6,11H2,1-4H3,(H,22,25)(H,23,24)/t18-/m0/s1. The molecule has 1 heterocycles. The highest BCUT2D eigenvalue weighted by atomic mass is 16.2. The molecular formula is C20H29N3O2. The van der Waals surface area contributed by atoms with E-state index in [1.807, 2.05) is 58.2 Å². The van der Waals surface area contributed by atoms with Gasteiger partial charge in [-0.05, 0) is 38.3 Å². The molecule has 0 fully saturated rings. The minimum atomic E-state index is -0.574. The van der Waals surface area contributed by atoms with Crippen molar-refractivity contribution in [3.63, 3.8) is 0 Å². The summed E-state index contributed by atoms with van der Waals surface area (Å²) in [7, 11) is 0. The van der Waals surface area contributed by atoms with Crippen molar-refractivity contribution in [3.05, 3.63) is 36.0 Å². The number of benzene rings is 1. The molecule has 1 aromatic carbocycles. The molecule has 2 aromatic rings. The van der Waals surface area contributed by atoms with Crippen molar-refractivity contribution in [2.45, 2.75) is 59.0 Å². The second-order valence-electron chi connectivity index (χ2n) is 6.80. The van der Waals surface area contributed by atoms with Gasteiger partial charge >= 0.3 is 0 Å². The van der Waals surface area contributed by atoms with Crippen LogP contribution in [0.4, 0.5) is 0 Å². The molecule has 0 radical (unpaired) electrons. The summed E-state index contributed by atoms with van der Waals surface area (Å²) < 4.78 is 0. The minimum absolute atomic E-state index is 0.0306. The molecule has 0 bridgehead atoms. The lowest BCUT2D eigenvalue weighted by atomic mass is 10.00. The molecule has 2 amide bonds. The first-order valence-corrected chi connectivity index (χ1v) is 9.11. The largest absolute Gasteiger partial charge is 0.361 e. The monoisotopic (exact) mass is 343 g/mol. The van der Waals surface area contributed by atoms with Gasteiger partial charge in [0.2, 0.25) is 11.8 Å². The summed E-state index contributed by atoms with van der Waals surface area (Å²) in [6.07, 6.45) is 3.93. The predicted molar refractivity (Wildman–Crippen MR) is 101 cm³/mol. The zero-order valence-corrected chi connectivity index (χ0v) is 15.6. The molecule has 3 N–H and O–H groups in total. The first kappa shape index (κ1) is 19.0. The molecule has 5 heteroatoms. The van der Waals surface area contributed by atoms with Crippen molar-refractivity contribution < 1.29 is 9.59 Å². The fraction of sp³-hybridized carbons (Fsp3) is 0.500. The highest BCUT2D eigenvalue weighted by molar-refractivity contribution is 5.90. The Hall–Kier alpha value is -2.30. The van der Waals surface area contributed by atoms with Gasteiger partial charge in [-0.1, -0.05) is 32.0 Å². The molecule has 25 heavy (non-hydrogen) atoms. The molecule has 5 nitrogen and oxygen atoms in total. The molecule has 136 valence electrons. The minimum Gasteiger partial charge on any atom is -0.361 e. The van der Waals surface area contributed by atoms with E-state index in [9.17, 15) is 9.59 Å². The van der Waals surface area contributed by atoms with E-state index in [4.69, 9.17) is 0 Å². The number of aromatic amines is 1. The van der Waals surface area contributed by atoms with Crippen LogP contribution in [0.2, 0.25) is 0 Å². The van der Waals surface area contributed by atoms with E-state index in [1.54, 1.807) is 0 Å². The van der Waals surface area contributed by atoms with E-state index in [0.29, 0.717) is 6.42 Å². The van der Waals surface area contributed by atoms with Crippen LogP contribution in [-0.4, -0.2) is 28.9 Å². The van der Waals surface area contributed by atoms with Gasteiger partial charge in [-0.2, -0.15) is 0 Å². The van der Waals surface area contributed by atoms with E-state index in [0.717, 1.165) is 29.3 Å². The van der Waals surface area contributed by atoms with Crippen molar-refractivity contribution in [1.82, 2.24) is 15.6 Å². The van der Waals surface area contributed by atoms with Gasteiger partial charge in [0, 0.05) is 35.5 Å². The van der Waals surface area contributed by atoms with Crippen LogP contribution in [-0.2, 0) is 16.0 Å². The Morgan fingerprint density at radius 1 is 1.04 bits per heavy atom. The third-order valence-electron chi connectivity index (χ3n) is 4.52. The highest BCUT2D eigenvalue weighted by Crippen LogP contribution is 2.19. The van der Waals surface area contributed by atoms with E-state index in [-0.39, 0.29) is 23.8 Å². The molecule has 0 spiro atoms. The zero-order chi connectivity index (χ0) is 18.4. The van der Waals surface area contributed by atoms with Crippen LogP contribution >= 0.6 is 0 Å². The number of H-pyrrole nitrogens is 1. The maximum Gasteiger partial charge on any atom is 0.243 e. The Morgan fingerprint density at radius 3 is 2.36 bits per heavy atom. The molecule has 0 saturated carbocycles. The average molecular weight is 343 g/mol. The van der Waals surface area contributed by atoms with Crippen LogP contribution in [0.3, 0.4) is 0 Å². The first-order valence-electron chi connectivity index (χ1n) is 9.11. The van der Waals surface area contributed by atoms with Gasteiger partial charge < -0.3 is 15.6 Å². The molecule has 0 unspecified atom stereocenters. The second kappa shape index (κ2) is 8.70. The molecule has 1 atom stereocenters. The molecular weight excluding hydrogens is 314 g/mol. The number of hydrogen-bond donors (Lipinski definition) is 3. The number of para-hydroxylation sites is 1. The fourth-order valence-electron chi connectivity index (χ4n) is 3.06. The smallest absolute Gasteiger partial charge is 0.243 e. The number of carbonyl (C=O) groups is 2. The Morgan fingerprint density at radius 2 is 1.72 bits per heavy atom. The van der Waals surface area contributed by atoms with E-state index >= 15 is 0 Å². The quantitative estimate of drug-likeness (QED) is 0.689. The van der Waals surface area contributed by atoms with Crippen LogP contribution in [0.5, 0.6) is 0 Å². The number of rotatable bonds is 8.